The molecule has 60 valence electrons. The van der Waals surface area contributed by atoms with E-state index in [1.807, 2.05) is 0 Å². The average Bonchev–Trinajstić information content (AvgIpc) is 2.36. The lowest BCUT2D eigenvalue weighted by Crippen LogP contribution is -2.35. The fraction of sp³-hybridized carbons (Fsp3) is 0.333. The van der Waals surface area contributed by atoms with Crippen LogP contribution < -0.4 is 5.32 Å². The van der Waals surface area contributed by atoms with Gasteiger partial charge in [-0.2, -0.15) is 5.10 Å². The van der Waals surface area contributed by atoms with Gasteiger partial charge in [0, 0.05) is 12.7 Å². The molecule has 0 atom stereocenters. The minimum Gasteiger partial charge on any atom is -0.349 e. The Morgan fingerprint density at radius 1 is 1.64 bits per heavy atom. The van der Waals surface area contributed by atoms with Gasteiger partial charge in [0.25, 0.3) is 5.91 Å². The molecule has 0 spiro atoms. The van der Waals surface area contributed by atoms with Gasteiger partial charge < -0.3 is 5.32 Å². The highest BCUT2D eigenvalue weighted by Gasteiger charge is 2.15. The van der Waals surface area contributed by atoms with E-state index >= 15 is 0 Å². The Hall–Kier alpha value is -1.03. The van der Waals surface area contributed by atoms with Gasteiger partial charge in [0.2, 0.25) is 0 Å². The first-order chi connectivity index (χ1) is 4.88. The van der Waals surface area contributed by atoms with Gasteiger partial charge in [0.15, 0.2) is 0 Å². The number of amides is 1. The van der Waals surface area contributed by atoms with Crippen molar-refractivity contribution in [3.63, 3.8) is 0 Å². The smallest absolute Gasteiger partial charge is 0.269 e. The molecule has 11 heavy (non-hydrogen) atoms. The minimum atomic E-state index is -0.0243. The SMILES string of the molecule is Cl.O=C1NCCn2nccc21. The number of fused-ring (bicyclic) bond motifs is 1. The highest BCUT2D eigenvalue weighted by atomic mass is 35.5. The van der Waals surface area contributed by atoms with E-state index in [1.165, 1.54) is 0 Å². The van der Waals surface area contributed by atoms with Crippen molar-refractivity contribution >= 4 is 18.3 Å². The van der Waals surface area contributed by atoms with Crippen molar-refractivity contribution in [2.75, 3.05) is 6.54 Å². The monoisotopic (exact) mass is 173 g/mol. The summed E-state index contributed by atoms with van der Waals surface area (Å²) in [7, 11) is 0. The Morgan fingerprint density at radius 2 is 2.45 bits per heavy atom. The number of nitrogens with zero attached hydrogens (tertiary/aromatic N) is 2. The van der Waals surface area contributed by atoms with Crippen LogP contribution in [0.4, 0.5) is 0 Å². The van der Waals surface area contributed by atoms with Gasteiger partial charge >= 0.3 is 0 Å². The van der Waals surface area contributed by atoms with Crippen molar-refractivity contribution < 1.29 is 4.79 Å². The van der Waals surface area contributed by atoms with Crippen LogP contribution in [-0.4, -0.2) is 22.2 Å². The van der Waals surface area contributed by atoms with E-state index < -0.39 is 0 Å². The lowest BCUT2D eigenvalue weighted by Gasteiger charge is -2.13. The number of carbonyl (C=O) groups excluding carboxylic acids is 1. The molecular weight excluding hydrogens is 166 g/mol. The summed E-state index contributed by atoms with van der Waals surface area (Å²) in [6.07, 6.45) is 1.64. The molecule has 4 nitrogen and oxygen atoms in total. The Morgan fingerprint density at radius 3 is 3.18 bits per heavy atom. The van der Waals surface area contributed by atoms with E-state index in [9.17, 15) is 4.79 Å². The molecule has 1 aromatic rings. The summed E-state index contributed by atoms with van der Waals surface area (Å²) in [6.45, 7) is 1.47. The Balaban J connectivity index is 0.000000605. The molecular formula is C6H8ClN3O. The summed E-state index contributed by atoms with van der Waals surface area (Å²) < 4.78 is 1.71. The summed E-state index contributed by atoms with van der Waals surface area (Å²) in [5.74, 6) is -0.0243. The van der Waals surface area contributed by atoms with Crippen molar-refractivity contribution in [1.82, 2.24) is 15.1 Å². The molecule has 5 heteroatoms. The molecule has 1 N–H and O–H groups in total. The standard InChI is InChI=1S/C6H7N3O.ClH/c10-6-5-1-2-8-9(5)4-3-7-6;/h1-2H,3-4H2,(H,7,10);1H. The Labute approximate surface area is 70.0 Å². The van der Waals surface area contributed by atoms with E-state index in [0.29, 0.717) is 12.2 Å². The second-order valence-corrected chi connectivity index (χ2v) is 2.20. The Bertz CT molecular complexity index is 271. The van der Waals surface area contributed by atoms with Gasteiger partial charge in [-0.1, -0.05) is 0 Å². The second kappa shape index (κ2) is 2.92. The van der Waals surface area contributed by atoms with Crippen LogP contribution in [0.5, 0.6) is 0 Å². The van der Waals surface area contributed by atoms with Crippen LogP contribution in [0.2, 0.25) is 0 Å². The molecule has 0 saturated heterocycles. The third-order valence-electron chi connectivity index (χ3n) is 1.56. The van der Waals surface area contributed by atoms with Gasteiger partial charge in [0.05, 0.1) is 6.54 Å². The number of rotatable bonds is 0. The molecule has 0 fully saturated rings. The van der Waals surface area contributed by atoms with E-state index in [2.05, 4.69) is 10.4 Å². The quantitative estimate of drug-likeness (QED) is 0.603. The largest absolute Gasteiger partial charge is 0.349 e. The number of halogens is 1. The van der Waals surface area contributed by atoms with E-state index in [1.54, 1.807) is 16.9 Å². The number of hydrogen-bond acceptors (Lipinski definition) is 2. The molecule has 0 unspecified atom stereocenters. The third kappa shape index (κ3) is 1.21. The molecule has 1 aliphatic rings. The van der Waals surface area contributed by atoms with Crippen LogP contribution in [0.25, 0.3) is 0 Å². The highest BCUT2D eigenvalue weighted by Crippen LogP contribution is 2.01. The topological polar surface area (TPSA) is 46.9 Å². The molecule has 0 aliphatic carbocycles. The van der Waals surface area contributed by atoms with Crippen LogP contribution in [0.15, 0.2) is 12.3 Å². The molecule has 0 radical (unpaired) electrons. The maximum Gasteiger partial charge on any atom is 0.269 e. The summed E-state index contributed by atoms with van der Waals surface area (Å²) in [5, 5.41) is 6.69. The van der Waals surface area contributed by atoms with Gasteiger partial charge in [-0.25, -0.2) is 0 Å². The highest BCUT2D eigenvalue weighted by molar-refractivity contribution is 5.92. The van der Waals surface area contributed by atoms with Gasteiger partial charge in [-0.15, -0.1) is 12.4 Å². The van der Waals surface area contributed by atoms with Crippen molar-refractivity contribution in [3.05, 3.63) is 18.0 Å². The zero-order valence-corrected chi connectivity index (χ0v) is 6.60. The first kappa shape index (κ1) is 8.07. The lowest BCUT2D eigenvalue weighted by molar-refractivity contribution is 0.0924. The number of hydrogen-bond donors (Lipinski definition) is 1. The molecule has 1 aromatic heterocycles. The molecule has 2 rings (SSSR count). The summed E-state index contributed by atoms with van der Waals surface area (Å²) in [6, 6.07) is 1.72. The van der Waals surface area contributed by atoms with E-state index in [0.717, 1.165) is 6.54 Å². The van der Waals surface area contributed by atoms with Crippen LogP contribution >= 0.6 is 12.4 Å². The van der Waals surface area contributed by atoms with Crippen LogP contribution in [0.3, 0.4) is 0 Å². The van der Waals surface area contributed by atoms with Gasteiger partial charge in [-0.05, 0) is 6.07 Å². The molecule has 1 amide bonds. The first-order valence-electron chi connectivity index (χ1n) is 3.18. The molecule has 0 bridgehead atoms. The van der Waals surface area contributed by atoms with Gasteiger partial charge in [-0.3, -0.25) is 9.48 Å². The summed E-state index contributed by atoms with van der Waals surface area (Å²) >= 11 is 0. The third-order valence-corrected chi connectivity index (χ3v) is 1.56. The number of nitrogens with one attached hydrogen (secondary N) is 1. The lowest BCUT2D eigenvalue weighted by atomic mass is 10.3. The zero-order valence-electron chi connectivity index (χ0n) is 5.78. The Kier molecular flexibility index (Phi) is 2.14. The normalized spacial score (nSPS) is 14.7. The molecule has 2 heterocycles. The van der Waals surface area contributed by atoms with Crippen molar-refractivity contribution in [1.29, 1.82) is 0 Å². The maximum absolute atomic E-state index is 11.0. The summed E-state index contributed by atoms with van der Waals surface area (Å²) in [5.41, 5.74) is 0.659. The van der Waals surface area contributed by atoms with E-state index in [4.69, 9.17) is 0 Å². The molecule has 1 aliphatic heterocycles. The molecule has 0 aromatic carbocycles. The first-order valence-corrected chi connectivity index (χ1v) is 3.18. The summed E-state index contributed by atoms with van der Waals surface area (Å²) in [4.78, 5) is 11.0. The van der Waals surface area contributed by atoms with E-state index in [-0.39, 0.29) is 18.3 Å². The van der Waals surface area contributed by atoms with Crippen molar-refractivity contribution in [2.24, 2.45) is 0 Å². The van der Waals surface area contributed by atoms with Gasteiger partial charge in [0.1, 0.15) is 5.69 Å². The fourth-order valence-electron chi connectivity index (χ4n) is 1.07. The zero-order chi connectivity index (χ0) is 6.97. The predicted octanol–water partition coefficient (Wildman–Crippen LogP) is 0.0483. The minimum absolute atomic E-state index is 0. The molecule has 0 saturated carbocycles. The van der Waals surface area contributed by atoms with Crippen molar-refractivity contribution in [2.45, 2.75) is 6.54 Å². The number of carbonyl (C=O) groups is 1. The predicted molar refractivity (Wildman–Crippen MR) is 41.8 cm³/mol. The van der Waals surface area contributed by atoms with Crippen LogP contribution in [-0.2, 0) is 6.54 Å². The van der Waals surface area contributed by atoms with Crippen LogP contribution in [0, 0.1) is 0 Å². The fourth-order valence-corrected chi connectivity index (χ4v) is 1.07. The van der Waals surface area contributed by atoms with Crippen LogP contribution in [0.1, 0.15) is 10.5 Å². The number of aromatic nitrogens is 2. The maximum atomic E-state index is 11.0. The average molecular weight is 174 g/mol. The van der Waals surface area contributed by atoms with Crippen molar-refractivity contribution in [3.8, 4) is 0 Å². The second-order valence-electron chi connectivity index (χ2n) is 2.20.